The molecule has 1 heterocycles. The summed E-state index contributed by atoms with van der Waals surface area (Å²) in [6, 6.07) is 0.353. The van der Waals surface area contributed by atoms with Crippen LogP contribution in [0.1, 0.15) is 40.5 Å². The zero-order chi connectivity index (χ0) is 13.3. The lowest BCUT2D eigenvalue weighted by Gasteiger charge is -2.32. The molecule has 0 bridgehead atoms. The first-order valence-electron chi connectivity index (χ1n) is 6.23. The number of hydrogen-bond donors (Lipinski definition) is 1. The van der Waals surface area contributed by atoms with E-state index in [4.69, 9.17) is 4.74 Å². The fourth-order valence-electron chi connectivity index (χ4n) is 2.47. The van der Waals surface area contributed by atoms with E-state index in [1.807, 2.05) is 6.92 Å². The second-order valence-corrected chi connectivity index (χ2v) is 6.10. The van der Waals surface area contributed by atoms with Crippen LogP contribution in [0, 0.1) is 5.41 Å². The summed E-state index contributed by atoms with van der Waals surface area (Å²) in [5.74, 6) is -0.682. The first-order chi connectivity index (χ1) is 7.70. The van der Waals surface area contributed by atoms with Crippen molar-refractivity contribution in [2.24, 2.45) is 5.41 Å². The van der Waals surface area contributed by atoms with E-state index in [0.29, 0.717) is 12.6 Å². The molecule has 0 aromatic heterocycles. The van der Waals surface area contributed by atoms with Crippen LogP contribution in [0.5, 0.6) is 0 Å². The van der Waals surface area contributed by atoms with Crippen molar-refractivity contribution in [2.45, 2.75) is 52.2 Å². The van der Waals surface area contributed by atoms with E-state index >= 15 is 0 Å². The minimum absolute atomic E-state index is 0.151. The fraction of sp³-hybridized carbons (Fsp3) is 0.923. The van der Waals surface area contributed by atoms with Crippen LogP contribution in [0.2, 0.25) is 0 Å². The quantitative estimate of drug-likeness (QED) is 0.802. The van der Waals surface area contributed by atoms with Gasteiger partial charge in [-0.3, -0.25) is 9.69 Å². The van der Waals surface area contributed by atoms with Gasteiger partial charge in [0.1, 0.15) is 0 Å². The third-order valence-electron chi connectivity index (χ3n) is 3.98. The molecule has 100 valence electrons. The lowest BCUT2D eigenvalue weighted by Crippen LogP contribution is -2.40. The summed E-state index contributed by atoms with van der Waals surface area (Å²) in [5.41, 5.74) is -0.729. The second-order valence-electron chi connectivity index (χ2n) is 6.10. The number of likely N-dealkylation sites (tertiary alicyclic amines) is 1. The highest BCUT2D eigenvalue weighted by molar-refractivity contribution is 5.74. The third-order valence-corrected chi connectivity index (χ3v) is 3.98. The van der Waals surface area contributed by atoms with E-state index in [1.165, 1.54) is 0 Å². The largest absolute Gasteiger partial charge is 0.481 e. The van der Waals surface area contributed by atoms with Crippen molar-refractivity contribution >= 4 is 5.97 Å². The van der Waals surface area contributed by atoms with Crippen LogP contribution in [-0.4, -0.2) is 47.8 Å². The molecule has 0 amide bonds. The Kier molecular flexibility index (Phi) is 4.20. The molecule has 1 N–H and O–H groups in total. The molecule has 0 aliphatic carbocycles. The molecule has 1 saturated heterocycles. The van der Waals surface area contributed by atoms with Crippen molar-refractivity contribution in [3.8, 4) is 0 Å². The molecule has 0 aromatic carbocycles. The summed E-state index contributed by atoms with van der Waals surface area (Å²) in [4.78, 5) is 13.4. The molecule has 17 heavy (non-hydrogen) atoms. The Bertz CT molecular complexity index is 290. The molecule has 1 aliphatic rings. The molecule has 0 spiro atoms. The SMILES string of the molecule is COC(C)(C)CC(C)N1CCC(C)(C(=O)O)C1. The number of carbonyl (C=O) groups is 1. The summed E-state index contributed by atoms with van der Waals surface area (Å²) in [5, 5.41) is 9.20. The topological polar surface area (TPSA) is 49.8 Å². The number of carboxylic acid groups (broad SMARTS) is 1. The molecule has 1 rings (SSSR count). The standard InChI is InChI=1S/C13H25NO3/c1-10(8-12(2,3)17-5)14-7-6-13(4,9-14)11(15)16/h10H,6-9H2,1-5H3,(H,15,16). The number of aliphatic carboxylic acids is 1. The Morgan fingerprint density at radius 2 is 2.18 bits per heavy atom. The average Bonchev–Trinajstić information content (AvgIpc) is 2.62. The molecular formula is C13H25NO3. The van der Waals surface area contributed by atoms with Crippen molar-refractivity contribution in [3.05, 3.63) is 0 Å². The molecule has 4 nitrogen and oxygen atoms in total. The van der Waals surface area contributed by atoms with Gasteiger partial charge in [0, 0.05) is 19.7 Å². The van der Waals surface area contributed by atoms with E-state index in [2.05, 4.69) is 25.7 Å². The van der Waals surface area contributed by atoms with Gasteiger partial charge < -0.3 is 9.84 Å². The van der Waals surface area contributed by atoms with E-state index in [-0.39, 0.29) is 5.60 Å². The molecule has 2 unspecified atom stereocenters. The summed E-state index contributed by atoms with van der Waals surface area (Å²) >= 11 is 0. The monoisotopic (exact) mass is 243 g/mol. The van der Waals surface area contributed by atoms with Gasteiger partial charge in [-0.25, -0.2) is 0 Å². The van der Waals surface area contributed by atoms with Crippen LogP contribution in [0.25, 0.3) is 0 Å². The van der Waals surface area contributed by atoms with Gasteiger partial charge >= 0.3 is 5.97 Å². The first kappa shape index (κ1) is 14.5. The van der Waals surface area contributed by atoms with E-state index < -0.39 is 11.4 Å². The van der Waals surface area contributed by atoms with Gasteiger partial charge in [-0.15, -0.1) is 0 Å². The number of hydrogen-bond acceptors (Lipinski definition) is 3. The van der Waals surface area contributed by atoms with Crippen LogP contribution in [-0.2, 0) is 9.53 Å². The van der Waals surface area contributed by atoms with Gasteiger partial charge in [0.15, 0.2) is 0 Å². The Balaban J connectivity index is 2.57. The Morgan fingerprint density at radius 1 is 1.59 bits per heavy atom. The zero-order valence-electron chi connectivity index (χ0n) is 11.6. The average molecular weight is 243 g/mol. The molecule has 0 aromatic rings. The summed E-state index contributed by atoms with van der Waals surface area (Å²) in [6.07, 6.45) is 1.65. The number of carboxylic acids is 1. The maximum absolute atomic E-state index is 11.2. The maximum atomic E-state index is 11.2. The lowest BCUT2D eigenvalue weighted by atomic mass is 9.90. The van der Waals surface area contributed by atoms with Gasteiger partial charge in [-0.2, -0.15) is 0 Å². The highest BCUT2D eigenvalue weighted by atomic mass is 16.5. The molecular weight excluding hydrogens is 218 g/mol. The van der Waals surface area contributed by atoms with Crippen molar-refractivity contribution in [1.82, 2.24) is 4.90 Å². The Labute approximate surface area is 104 Å². The minimum Gasteiger partial charge on any atom is -0.481 e. The normalized spacial score (nSPS) is 28.3. The van der Waals surface area contributed by atoms with Crippen molar-refractivity contribution in [3.63, 3.8) is 0 Å². The van der Waals surface area contributed by atoms with E-state index in [1.54, 1.807) is 7.11 Å². The van der Waals surface area contributed by atoms with Gasteiger partial charge in [-0.1, -0.05) is 0 Å². The van der Waals surface area contributed by atoms with Gasteiger partial charge in [0.2, 0.25) is 0 Å². The van der Waals surface area contributed by atoms with E-state index in [0.717, 1.165) is 19.4 Å². The summed E-state index contributed by atoms with van der Waals surface area (Å²) in [6.45, 7) is 9.62. The number of rotatable bonds is 5. The molecule has 1 aliphatic heterocycles. The van der Waals surface area contributed by atoms with Gasteiger partial charge in [0.05, 0.1) is 11.0 Å². The van der Waals surface area contributed by atoms with Gasteiger partial charge in [0.25, 0.3) is 0 Å². The fourth-order valence-corrected chi connectivity index (χ4v) is 2.47. The molecule has 0 radical (unpaired) electrons. The highest BCUT2D eigenvalue weighted by Crippen LogP contribution is 2.33. The second kappa shape index (κ2) is 4.94. The molecule has 0 saturated carbocycles. The zero-order valence-corrected chi connectivity index (χ0v) is 11.6. The predicted molar refractivity (Wildman–Crippen MR) is 67.1 cm³/mol. The van der Waals surface area contributed by atoms with Crippen LogP contribution >= 0.6 is 0 Å². The van der Waals surface area contributed by atoms with Gasteiger partial charge in [-0.05, 0) is 47.1 Å². The molecule has 1 fully saturated rings. The summed E-state index contributed by atoms with van der Waals surface area (Å²) in [7, 11) is 1.72. The number of methoxy groups -OCH3 is 1. The number of nitrogens with zero attached hydrogens (tertiary/aromatic N) is 1. The van der Waals surface area contributed by atoms with Crippen LogP contribution in [0.15, 0.2) is 0 Å². The molecule has 4 heteroatoms. The predicted octanol–water partition coefficient (Wildman–Crippen LogP) is 1.99. The van der Waals surface area contributed by atoms with Crippen LogP contribution < -0.4 is 0 Å². The minimum atomic E-state index is -0.682. The lowest BCUT2D eigenvalue weighted by molar-refractivity contribution is -0.147. The Hall–Kier alpha value is -0.610. The smallest absolute Gasteiger partial charge is 0.310 e. The first-order valence-corrected chi connectivity index (χ1v) is 6.23. The Morgan fingerprint density at radius 3 is 2.59 bits per heavy atom. The van der Waals surface area contributed by atoms with Crippen molar-refractivity contribution in [1.29, 1.82) is 0 Å². The number of ether oxygens (including phenoxy) is 1. The van der Waals surface area contributed by atoms with Crippen molar-refractivity contribution in [2.75, 3.05) is 20.2 Å². The summed E-state index contributed by atoms with van der Waals surface area (Å²) < 4.78 is 5.42. The molecule has 2 atom stereocenters. The van der Waals surface area contributed by atoms with Crippen molar-refractivity contribution < 1.29 is 14.6 Å². The highest BCUT2D eigenvalue weighted by Gasteiger charge is 2.42. The van der Waals surface area contributed by atoms with Crippen LogP contribution in [0.4, 0.5) is 0 Å². The maximum Gasteiger partial charge on any atom is 0.310 e. The van der Waals surface area contributed by atoms with E-state index in [9.17, 15) is 9.90 Å². The van der Waals surface area contributed by atoms with Crippen LogP contribution in [0.3, 0.4) is 0 Å². The third kappa shape index (κ3) is 3.42.